The monoisotopic (exact) mass is 219 g/mol. The zero-order valence-electron chi connectivity index (χ0n) is 9.30. The molecule has 0 aliphatic heterocycles. The Morgan fingerprint density at radius 3 is 2.33 bits per heavy atom. The molecule has 86 valence electrons. The number of rotatable bonds is 3. The molecule has 0 saturated heterocycles. The number of hydrogen-bond donors (Lipinski definition) is 0. The maximum atomic E-state index is 12.5. The van der Waals surface area contributed by atoms with Crippen molar-refractivity contribution in [2.75, 3.05) is 6.61 Å². The van der Waals surface area contributed by atoms with Gasteiger partial charge in [0.25, 0.3) is 11.8 Å². The van der Waals surface area contributed by atoms with Gasteiger partial charge in [0.2, 0.25) is 0 Å². The predicted molar refractivity (Wildman–Crippen MR) is 51.3 cm³/mol. The fourth-order valence-corrected chi connectivity index (χ4v) is 0.881. The number of aromatic nitrogens is 1. The van der Waals surface area contributed by atoms with Gasteiger partial charge in [-0.25, -0.2) is 8.78 Å². The predicted octanol–water partition coefficient (Wildman–Crippen LogP) is 3.01. The number of alkyl halides is 2. The van der Waals surface area contributed by atoms with Crippen molar-refractivity contribution < 1.29 is 18.0 Å². The summed E-state index contributed by atoms with van der Waals surface area (Å²) in [6.45, 7) is 5.91. The smallest absolute Gasteiger partial charge is 0.278 e. The van der Waals surface area contributed by atoms with E-state index >= 15 is 0 Å². The molecule has 0 radical (unpaired) electrons. The average Bonchev–Trinajstić information content (AvgIpc) is 2.45. The Kier molecular flexibility index (Phi) is 3.02. The molecule has 1 aromatic rings. The van der Waals surface area contributed by atoms with Crippen molar-refractivity contribution in [2.24, 2.45) is 0 Å². The SMILES string of the molecule is CC(F)(F)COc1cc(C(C)(C)C)on1. The van der Waals surface area contributed by atoms with Gasteiger partial charge in [0.05, 0.1) is 0 Å². The third-order valence-corrected chi connectivity index (χ3v) is 1.70. The Morgan fingerprint density at radius 1 is 1.33 bits per heavy atom. The van der Waals surface area contributed by atoms with Crippen LogP contribution in [-0.4, -0.2) is 17.7 Å². The van der Waals surface area contributed by atoms with Crippen LogP contribution in [0.15, 0.2) is 10.6 Å². The van der Waals surface area contributed by atoms with Crippen molar-refractivity contribution in [1.82, 2.24) is 5.16 Å². The van der Waals surface area contributed by atoms with E-state index in [1.807, 2.05) is 20.8 Å². The molecule has 0 atom stereocenters. The number of halogens is 2. The lowest BCUT2D eigenvalue weighted by Crippen LogP contribution is -2.21. The van der Waals surface area contributed by atoms with Crippen LogP contribution >= 0.6 is 0 Å². The third kappa shape index (κ3) is 3.85. The summed E-state index contributed by atoms with van der Waals surface area (Å²) >= 11 is 0. The Morgan fingerprint density at radius 2 is 1.93 bits per heavy atom. The minimum atomic E-state index is -2.86. The van der Waals surface area contributed by atoms with Crippen molar-refractivity contribution in [2.45, 2.75) is 39.0 Å². The zero-order valence-corrected chi connectivity index (χ0v) is 9.30. The number of ether oxygens (including phenoxy) is 1. The standard InChI is InChI=1S/C10H15F2NO2/c1-9(2,3)7-5-8(13-15-7)14-6-10(4,11)12/h5H,6H2,1-4H3. The van der Waals surface area contributed by atoms with Crippen LogP contribution in [0.3, 0.4) is 0 Å². The average molecular weight is 219 g/mol. The molecule has 1 heterocycles. The van der Waals surface area contributed by atoms with E-state index in [2.05, 4.69) is 5.16 Å². The number of hydrogen-bond acceptors (Lipinski definition) is 3. The van der Waals surface area contributed by atoms with Gasteiger partial charge in [-0.2, -0.15) is 0 Å². The van der Waals surface area contributed by atoms with Crippen molar-refractivity contribution in [3.05, 3.63) is 11.8 Å². The maximum Gasteiger partial charge on any atom is 0.278 e. The Bertz CT molecular complexity index is 323. The minimum absolute atomic E-state index is 0.0986. The van der Waals surface area contributed by atoms with Crippen molar-refractivity contribution >= 4 is 0 Å². The first-order chi connectivity index (χ1) is 6.68. The fraction of sp³-hybridized carbons (Fsp3) is 0.700. The van der Waals surface area contributed by atoms with E-state index in [0.29, 0.717) is 5.76 Å². The zero-order chi connectivity index (χ0) is 11.7. The van der Waals surface area contributed by atoms with Gasteiger partial charge in [0.1, 0.15) is 5.76 Å². The van der Waals surface area contributed by atoms with E-state index < -0.39 is 12.5 Å². The van der Waals surface area contributed by atoms with Crippen LogP contribution < -0.4 is 4.74 Å². The second-order valence-corrected chi connectivity index (χ2v) is 4.64. The maximum absolute atomic E-state index is 12.5. The second kappa shape index (κ2) is 3.79. The third-order valence-electron chi connectivity index (χ3n) is 1.70. The van der Waals surface area contributed by atoms with Crippen LogP contribution in [0.4, 0.5) is 8.78 Å². The second-order valence-electron chi connectivity index (χ2n) is 4.64. The first-order valence-corrected chi connectivity index (χ1v) is 4.66. The summed E-state index contributed by atoms with van der Waals surface area (Å²) in [7, 11) is 0. The van der Waals surface area contributed by atoms with E-state index in [-0.39, 0.29) is 11.3 Å². The molecule has 1 rings (SSSR count). The summed E-state index contributed by atoms with van der Waals surface area (Å²) in [5.74, 6) is -2.15. The topological polar surface area (TPSA) is 35.3 Å². The fourth-order valence-electron chi connectivity index (χ4n) is 0.881. The van der Waals surface area contributed by atoms with Gasteiger partial charge < -0.3 is 9.26 Å². The molecule has 15 heavy (non-hydrogen) atoms. The molecule has 0 unspecified atom stereocenters. The minimum Gasteiger partial charge on any atom is -0.469 e. The van der Waals surface area contributed by atoms with Gasteiger partial charge in [0.15, 0.2) is 6.61 Å². The highest BCUT2D eigenvalue weighted by molar-refractivity contribution is 5.17. The van der Waals surface area contributed by atoms with Crippen LogP contribution in [0.25, 0.3) is 0 Å². The van der Waals surface area contributed by atoms with E-state index in [0.717, 1.165) is 6.92 Å². The molecule has 0 spiro atoms. The van der Waals surface area contributed by atoms with Gasteiger partial charge in [-0.05, 0) is 5.16 Å². The van der Waals surface area contributed by atoms with Gasteiger partial charge in [0, 0.05) is 18.4 Å². The molecule has 5 heteroatoms. The Hall–Kier alpha value is -1.13. The molecule has 0 saturated carbocycles. The molecule has 0 fully saturated rings. The molecular weight excluding hydrogens is 204 g/mol. The molecule has 0 amide bonds. The first-order valence-electron chi connectivity index (χ1n) is 4.66. The largest absolute Gasteiger partial charge is 0.469 e. The highest BCUT2D eigenvalue weighted by Crippen LogP contribution is 2.26. The molecular formula is C10H15F2NO2. The van der Waals surface area contributed by atoms with Gasteiger partial charge in [-0.3, -0.25) is 0 Å². The summed E-state index contributed by atoms with van der Waals surface area (Å²) < 4.78 is 34.7. The van der Waals surface area contributed by atoms with E-state index in [9.17, 15) is 8.78 Å². The summed E-state index contributed by atoms with van der Waals surface area (Å²) in [5.41, 5.74) is -0.205. The molecule has 0 aliphatic carbocycles. The summed E-state index contributed by atoms with van der Waals surface area (Å²) in [6, 6.07) is 1.53. The lowest BCUT2D eigenvalue weighted by atomic mass is 9.94. The van der Waals surface area contributed by atoms with Crippen molar-refractivity contribution in [3.63, 3.8) is 0 Å². The quantitative estimate of drug-likeness (QED) is 0.783. The van der Waals surface area contributed by atoms with Crippen LogP contribution in [0.1, 0.15) is 33.5 Å². The Labute approximate surface area is 87.4 Å². The first kappa shape index (κ1) is 11.9. The summed E-state index contributed by atoms with van der Waals surface area (Å²) in [5, 5.41) is 3.56. The highest BCUT2D eigenvalue weighted by Gasteiger charge is 2.24. The number of nitrogens with zero attached hydrogens (tertiary/aromatic N) is 1. The van der Waals surface area contributed by atoms with Crippen molar-refractivity contribution in [1.29, 1.82) is 0 Å². The van der Waals surface area contributed by atoms with E-state index in [1.165, 1.54) is 6.07 Å². The van der Waals surface area contributed by atoms with Gasteiger partial charge in [-0.15, -0.1) is 0 Å². The molecule has 0 aliphatic rings. The molecule has 0 aromatic carbocycles. The normalized spacial score (nSPS) is 12.9. The molecule has 0 bridgehead atoms. The van der Waals surface area contributed by atoms with Crippen LogP contribution in [0.5, 0.6) is 5.88 Å². The van der Waals surface area contributed by atoms with Gasteiger partial charge >= 0.3 is 0 Å². The molecule has 1 aromatic heterocycles. The van der Waals surface area contributed by atoms with E-state index in [1.54, 1.807) is 0 Å². The van der Waals surface area contributed by atoms with Crippen LogP contribution in [0, 0.1) is 0 Å². The van der Waals surface area contributed by atoms with Crippen LogP contribution in [-0.2, 0) is 5.41 Å². The molecule has 0 N–H and O–H groups in total. The van der Waals surface area contributed by atoms with Crippen molar-refractivity contribution in [3.8, 4) is 5.88 Å². The summed E-state index contributed by atoms with van der Waals surface area (Å²) in [6.07, 6.45) is 0. The molecule has 3 nitrogen and oxygen atoms in total. The highest BCUT2D eigenvalue weighted by atomic mass is 19.3. The lowest BCUT2D eigenvalue weighted by Gasteiger charge is -2.12. The lowest BCUT2D eigenvalue weighted by molar-refractivity contribution is -0.0250. The van der Waals surface area contributed by atoms with Gasteiger partial charge in [-0.1, -0.05) is 20.8 Å². The van der Waals surface area contributed by atoms with Crippen LogP contribution in [0.2, 0.25) is 0 Å². The Balaban J connectivity index is 2.62. The summed E-state index contributed by atoms with van der Waals surface area (Å²) in [4.78, 5) is 0. The van der Waals surface area contributed by atoms with E-state index in [4.69, 9.17) is 9.26 Å².